The summed E-state index contributed by atoms with van der Waals surface area (Å²) in [6.45, 7) is 2.40. The monoisotopic (exact) mass is 564 g/mol. The highest BCUT2D eigenvalue weighted by Gasteiger charge is 2.43. The lowest BCUT2D eigenvalue weighted by molar-refractivity contribution is 0.0595. The lowest BCUT2D eigenvalue weighted by Crippen LogP contribution is -2.49. The summed E-state index contributed by atoms with van der Waals surface area (Å²) in [5.41, 5.74) is 0.127. The quantitative estimate of drug-likeness (QED) is 0.522. The van der Waals surface area contributed by atoms with Crippen LogP contribution in [0.2, 0.25) is 5.02 Å². The number of nitrogens with one attached hydrogen (secondary N) is 1. The van der Waals surface area contributed by atoms with E-state index in [-0.39, 0.29) is 41.4 Å². The Kier molecular flexibility index (Phi) is 7.90. The van der Waals surface area contributed by atoms with Crippen LogP contribution in [0.1, 0.15) is 50.1 Å². The molecule has 3 heterocycles. The molecule has 38 heavy (non-hydrogen) atoms. The summed E-state index contributed by atoms with van der Waals surface area (Å²) in [5, 5.41) is 16.6. The summed E-state index contributed by atoms with van der Waals surface area (Å²) in [4.78, 5) is 13.0. The lowest BCUT2D eigenvalue weighted by Gasteiger charge is -2.36. The highest BCUT2D eigenvalue weighted by Crippen LogP contribution is 2.38. The van der Waals surface area contributed by atoms with Crippen LogP contribution in [-0.4, -0.2) is 61.4 Å². The summed E-state index contributed by atoms with van der Waals surface area (Å²) < 4.78 is 51.2. The van der Waals surface area contributed by atoms with Gasteiger partial charge in [-0.2, -0.15) is 23.1 Å². The van der Waals surface area contributed by atoms with Crippen molar-refractivity contribution in [3.05, 3.63) is 51.2 Å². The van der Waals surface area contributed by atoms with Crippen molar-refractivity contribution in [1.29, 1.82) is 5.26 Å². The van der Waals surface area contributed by atoms with Gasteiger partial charge in [0.25, 0.3) is 5.56 Å². The van der Waals surface area contributed by atoms with Crippen LogP contribution in [0.5, 0.6) is 0 Å². The van der Waals surface area contributed by atoms with Crippen molar-refractivity contribution in [2.24, 2.45) is 5.92 Å². The summed E-state index contributed by atoms with van der Waals surface area (Å²) in [5.74, 6) is -0.397. The maximum absolute atomic E-state index is 14.8. The zero-order chi connectivity index (χ0) is 26.9. The van der Waals surface area contributed by atoms with E-state index in [1.54, 1.807) is 6.20 Å². The molecular formula is C25H30ClFN6O4S. The van der Waals surface area contributed by atoms with Gasteiger partial charge in [0.05, 0.1) is 41.9 Å². The fourth-order valence-electron chi connectivity index (χ4n) is 5.07. The summed E-state index contributed by atoms with van der Waals surface area (Å²) in [7, 11) is -4.02. The summed E-state index contributed by atoms with van der Waals surface area (Å²) in [6, 6.07) is 5.05. The average molecular weight is 565 g/mol. The molecule has 0 bridgehead atoms. The molecule has 1 N–H and O–H groups in total. The van der Waals surface area contributed by atoms with Crippen LogP contribution < -0.4 is 15.2 Å². The molecule has 1 saturated carbocycles. The second-order valence-electron chi connectivity index (χ2n) is 10.0. The Balaban J connectivity index is 1.26. The molecule has 1 aliphatic carbocycles. The Morgan fingerprint density at radius 3 is 2.63 bits per heavy atom. The number of anilines is 2. The van der Waals surface area contributed by atoms with Crippen LogP contribution in [0.3, 0.4) is 0 Å². The number of hydrogen-bond acceptors (Lipinski definition) is 7. The van der Waals surface area contributed by atoms with E-state index >= 15 is 0 Å². The highest BCUT2D eigenvalue weighted by atomic mass is 35.5. The van der Waals surface area contributed by atoms with Gasteiger partial charge in [0, 0.05) is 32.3 Å². The molecule has 0 amide bonds. The van der Waals surface area contributed by atoms with Crippen molar-refractivity contribution >= 4 is 33.2 Å². The Labute approximate surface area is 226 Å². The molecule has 204 valence electrons. The number of piperidine rings is 1. The van der Waals surface area contributed by atoms with Gasteiger partial charge in [-0.15, -0.1) is 0 Å². The fraction of sp³-hybridized carbons (Fsp3) is 0.560. The number of hydrogen-bond donors (Lipinski definition) is 1. The number of ether oxygens (including phenoxy) is 1. The average Bonchev–Trinajstić information content (AvgIpc) is 3.76. The third kappa shape index (κ3) is 5.52. The number of benzene rings is 1. The molecule has 1 aromatic heterocycles. The van der Waals surface area contributed by atoms with Crippen molar-refractivity contribution in [1.82, 2.24) is 14.1 Å². The minimum absolute atomic E-state index is 0.0545. The van der Waals surface area contributed by atoms with Gasteiger partial charge < -0.3 is 10.1 Å². The van der Waals surface area contributed by atoms with E-state index in [0.717, 1.165) is 29.8 Å². The van der Waals surface area contributed by atoms with E-state index in [1.807, 2.05) is 6.07 Å². The Morgan fingerprint density at radius 2 is 2.00 bits per heavy atom. The zero-order valence-corrected chi connectivity index (χ0v) is 22.4. The molecule has 2 saturated heterocycles. The predicted octanol–water partition coefficient (Wildman–Crippen LogP) is 3.30. The molecule has 2 aromatic rings. The van der Waals surface area contributed by atoms with Crippen LogP contribution in [0.4, 0.5) is 15.8 Å². The molecule has 3 aliphatic rings. The van der Waals surface area contributed by atoms with E-state index in [1.165, 1.54) is 21.1 Å². The molecular weight excluding hydrogens is 535 g/mol. The van der Waals surface area contributed by atoms with E-state index in [4.69, 9.17) is 21.6 Å². The predicted molar refractivity (Wildman–Crippen MR) is 141 cm³/mol. The summed E-state index contributed by atoms with van der Waals surface area (Å²) >= 11 is 6.39. The molecule has 5 rings (SSSR count). The van der Waals surface area contributed by atoms with Gasteiger partial charge >= 0.3 is 10.2 Å². The number of nitrogens with zero attached hydrogens (tertiary/aromatic N) is 5. The zero-order valence-electron chi connectivity index (χ0n) is 20.9. The molecule has 2 aliphatic heterocycles. The second kappa shape index (κ2) is 11.2. The van der Waals surface area contributed by atoms with Gasteiger partial charge in [-0.25, -0.2) is 9.07 Å². The van der Waals surface area contributed by atoms with Gasteiger partial charge in [-0.1, -0.05) is 11.6 Å². The highest BCUT2D eigenvalue weighted by molar-refractivity contribution is 7.90. The number of aromatic nitrogens is 2. The Hall–Kier alpha value is -2.72. The smallest absolute Gasteiger partial charge is 0.304 e. The molecule has 13 heteroatoms. The lowest BCUT2D eigenvalue weighted by atomic mass is 10.0. The van der Waals surface area contributed by atoms with Gasteiger partial charge in [0.15, 0.2) is 0 Å². The van der Waals surface area contributed by atoms with Crippen LogP contribution in [0.25, 0.3) is 0 Å². The molecule has 0 unspecified atom stereocenters. The van der Waals surface area contributed by atoms with E-state index < -0.39 is 21.6 Å². The first-order valence-corrected chi connectivity index (χ1v) is 14.6. The van der Waals surface area contributed by atoms with Crippen LogP contribution in [-0.2, 0) is 14.9 Å². The van der Waals surface area contributed by atoms with Gasteiger partial charge in [0.1, 0.15) is 10.8 Å². The topological polar surface area (TPSA) is 121 Å². The van der Waals surface area contributed by atoms with E-state index in [9.17, 15) is 17.6 Å². The van der Waals surface area contributed by atoms with Gasteiger partial charge in [-0.3, -0.25) is 9.10 Å². The number of halogens is 2. The van der Waals surface area contributed by atoms with Gasteiger partial charge in [-0.05, 0) is 62.6 Å². The molecule has 3 fully saturated rings. The van der Waals surface area contributed by atoms with Crippen LogP contribution in [0, 0.1) is 23.1 Å². The first-order valence-electron chi connectivity index (χ1n) is 12.9. The Bertz CT molecular complexity index is 1380. The van der Waals surface area contributed by atoms with Crippen molar-refractivity contribution < 1.29 is 17.5 Å². The molecule has 1 aromatic carbocycles. The first-order chi connectivity index (χ1) is 18.3. The van der Waals surface area contributed by atoms with E-state index in [2.05, 4.69) is 10.4 Å². The fourth-order valence-corrected chi connectivity index (χ4v) is 7.17. The van der Waals surface area contributed by atoms with Crippen molar-refractivity contribution in [3.8, 4) is 6.07 Å². The van der Waals surface area contributed by atoms with E-state index in [0.29, 0.717) is 50.4 Å². The maximum Gasteiger partial charge on any atom is 0.304 e. The molecule has 10 nitrogen and oxygen atoms in total. The molecule has 0 spiro atoms. The minimum atomic E-state index is -4.02. The van der Waals surface area contributed by atoms with Crippen LogP contribution in [0.15, 0.2) is 29.2 Å². The number of rotatable bonds is 8. The SMILES string of the molecule is N#Cc1ccc(N(C2CC2)S(=O)(=O)N2CCC(n3ncc(NC[C@H]4CCCOC4)c(Cl)c3=O)CC2)c(F)c1. The van der Waals surface area contributed by atoms with Crippen molar-refractivity contribution in [2.45, 2.75) is 50.6 Å². The van der Waals surface area contributed by atoms with Crippen LogP contribution >= 0.6 is 11.6 Å². The molecule has 0 radical (unpaired) electrons. The van der Waals surface area contributed by atoms with Crippen molar-refractivity contribution in [2.75, 3.05) is 42.5 Å². The third-order valence-corrected chi connectivity index (χ3v) is 9.69. The normalized spacial score (nSPS) is 21.1. The van der Waals surface area contributed by atoms with Crippen molar-refractivity contribution in [3.63, 3.8) is 0 Å². The number of nitriles is 1. The van der Waals surface area contributed by atoms with Gasteiger partial charge in [0.2, 0.25) is 0 Å². The first kappa shape index (κ1) is 26.9. The Morgan fingerprint density at radius 1 is 1.24 bits per heavy atom. The second-order valence-corrected chi connectivity index (χ2v) is 12.2. The molecule has 1 atom stereocenters. The minimum Gasteiger partial charge on any atom is -0.382 e. The summed E-state index contributed by atoms with van der Waals surface area (Å²) in [6.07, 6.45) is 5.61. The largest absolute Gasteiger partial charge is 0.382 e. The maximum atomic E-state index is 14.8. The third-order valence-electron chi connectivity index (χ3n) is 7.32. The standard InChI is InChI=1S/C25H30ClFN6O4S/c26-24-22(29-14-18-2-1-11-37-16-18)15-30-32(25(24)34)19-7-9-31(10-8-19)38(35,36)33(20-4-5-20)23-6-3-17(13-28)12-21(23)27/h3,6,12,15,18-20,29H,1-2,4-5,7-11,14,16H2/t18-/m1/s1.